The average Bonchev–Trinajstić information content (AvgIpc) is 3.30. The fourth-order valence-electron chi connectivity index (χ4n) is 4.99. The second kappa shape index (κ2) is 8.06. The molecule has 0 radical (unpaired) electrons. The number of aromatic amines is 1. The molecule has 0 saturated carbocycles. The smallest absolute Gasteiger partial charge is 0.236 e. The zero-order valence-corrected chi connectivity index (χ0v) is 18.6. The van der Waals surface area contributed by atoms with Crippen molar-refractivity contribution in [3.05, 3.63) is 54.1 Å². The molecule has 2 atom stereocenters. The summed E-state index contributed by atoms with van der Waals surface area (Å²) in [5, 5.41) is 0.935. The van der Waals surface area contributed by atoms with Gasteiger partial charge in [0.1, 0.15) is 17.2 Å². The van der Waals surface area contributed by atoms with E-state index in [0.717, 1.165) is 41.6 Å². The van der Waals surface area contributed by atoms with E-state index >= 15 is 0 Å². The second-order valence-electron chi connectivity index (χ2n) is 8.80. The van der Waals surface area contributed by atoms with Gasteiger partial charge in [-0.2, -0.15) is 0 Å². The molecule has 7 heteroatoms. The molecule has 0 aliphatic carbocycles. The molecule has 2 bridgehead atoms. The van der Waals surface area contributed by atoms with Crippen molar-refractivity contribution in [2.24, 2.45) is 0 Å². The lowest BCUT2D eigenvalue weighted by molar-refractivity contribution is -0.130. The van der Waals surface area contributed by atoms with E-state index in [4.69, 9.17) is 4.74 Å². The quantitative estimate of drug-likeness (QED) is 0.657. The van der Waals surface area contributed by atoms with Gasteiger partial charge in [-0.3, -0.25) is 9.69 Å². The van der Waals surface area contributed by atoms with E-state index in [1.165, 1.54) is 17.7 Å². The van der Waals surface area contributed by atoms with Crippen LogP contribution in [0.4, 0.5) is 4.39 Å². The summed E-state index contributed by atoms with van der Waals surface area (Å²) in [6, 6.07) is 9.19. The number of ether oxygens (including phenoxy) is 1. The minimum absolute atomic E-state index is 0.141. The van der Waals surface area contributed by atoms with Crippen molar-refractivity contribution in [1.82, 2.24) is 19.8 Å². The summed E-state index contributed by atoms with van der Waals surface area (Å²) in [4.78, 5) is 24.2. The molecule has 1 aromatic carbocycles. The van der Waals surface area contributed by atoms with Crippen LogP contribution in [0.2, 0.25) is 0 Å². The maximum atomic E-state index is 14.0. The number of benzene rings is 1. The Morgan fingerprint density at radius 1 is 1.25 bits per heavy atom. The SMILES string of the molecule is COc1ccc(F)cc1-c1ccnc2[nH]c(C3=CC4CCC(C3)N4CC(=O)N(C)C)cc12. The Labute approximate surface area is 186 Å². The number of aromatic nitrogens is 2. The van der Waals surface area contributed by atoms with E-state index < -0.39 is 0 Å². The molecule has 1 amide bonds. The van der Waals surface area contributed by atoms with Crippen LogP contribution in [0.1, 0.15) is 25.0 Å². The van der Waals surface area contributed by atoms with E-state index in [-0.39, 0.29) is 17.8 Å². The highest BCUT2D eigenvalue weighted by Crippen LogP contribution is 2.40. The molecule has 2 unspecified atom stereocenters. The van der Waals surface area contributed by atoms with Crippen LogP contribution >= 0.6 is 0 Å². The Kier molecular flexibility index (Phi) is 5.21. The Morgan fingerprint density at radius 2 is 2.09 bits per heavy atom. The molecule has 2 aliphatic heterocycles. The summed E-state index contributed by atoms with van der Waals surface area (Å²) in [5.41, 5.74) is 4.64. The van der Waals surface area contributed by atoms with Gasteiger partial charge in [0, 0.05) is 49.0 Å². The molecule has 6 nitrogen and oxygen atoms in total. The van der Waals surface area contributed by atoms with Crippen LogP contribution < -0.4 is 4.74 Å². The largest absolute Gasteiger partial charge is 0.496 e. The minimum Gasteiger partial charge on any atom is -0.496 e. The first-order valence-electron chi connectivity index (χ1n) is 10.9. The molecule has 32 heavy (non-hydrogen) atoms. The topological polar surface area (TPSA) is 61.5 Å². The Balaban J connectivity index is 1.50. The predicted molar refractivity (Wildman–Crippen MR) is 123 cm³/mol. The number of likely N-dealkylation sites (N-methyl/N-ethyl adjacent to an activating group) is 1. The highest BCUT2D eigenvalue weighted by Gasteiger charge is 2.38. The van der Waals surface area contributed by atoms with Crippen LogP contribution in [0.5, 0.6) is 5.75 Å². The number of carbonyl (C=O) groups excluding carboxylic acids is 1. The van der Waals surface area contributed by atoms with Gasteiger partial charge < -0.3 is 14.6 Å². The molecule has 2 aliphatic rings. The highest BCUT2D eigenvalue weighted by atomic mass is 19.1. The summed E-state index contributed by atoms with van der Waals surface area (Å²) in [5.74, 6) is 0.459. The molecule has 1 N–H and O–H groups in total. The molecule has 5 rings (SSSR count). The Hall–Kier alpha value is -3.19. The zero-order chi connectivity index (χ0) is 22.4. The number of carbonyl (C=O) groups is 1. The molecule has 4 heterocycles. The van der Waals surface area contributed by atoms with Crippen molar-refractivity contribution < 1.29 is 13.9 Å². The average molecular weight is 435 g/mol. The Morgan fingerprint density at radius 3 is 2.84 bits per heavy atom. The molecular formula is C25H27FN4O2. The van der Waals surface area contributed by atoms with Gasteiger partial charge in [-0.1, -0.05) is 6.08 Å². The maximum Gasteiger partial charge on any atom is 0.236 e. The lowest BCUT2D eigenvalue weighted by Crippen LogP contribution is -2.44. The fraction of sp³-hybridized carbons (Fsp3) is 0.360. The first-order valence-corrected chi connectivity index (χ1v) is 10.9. The first kappa shape index (κ1) is 20.7. The van der Waals surface area contributed by atoms with Gasteiger partial charge in [-0.25, -0.2) is 9.37 Å². The lowest BCUT2D eigenvalue weighted by Gasteiger charge is -2.33. The third-order valence-electron chi connectivity index (χ3n) is 6.69. The van der Waals surface area contributed by atoms with Crippen molar-refractivity contribution in [3.8, 4) is 16.9 Å². The van der Waals surface area contributed by atoms with E-state index in [1.54, 1.807) is 38.4 Å². The summed E-state index contributed by atoms with van der Waals surface area (Å²) >= 11 is 0. The van der Waals surface area contributed by atoms with Crippen molar-refractivity contribution in [1.29, 1.82) is 0 Å². The molecule has 2 aromatic heterocycles. The zero-order valence-electron chi connectivity index (χ0n) is 18.6. The maximum absolute atomic E-state index is 14.0. The first-order chi connectivity index (χ1) is 15.4. The summed E-state index contributed by atoms with van der Waals surface area (Å²) in [7, 11) is 5.20. The molecular weight excluding hydrogens is 407 g/mol. The highest BCUT2D eigenvalue weighted by molar-refractivity contribution is 5.96. The second-order valence-corrected chi connectivity index (χ2v) is 8.80. The minimum atomic E-state index is -0.305. The predicted octanol–water partition coefficient (Wildman–Crippen LogP) is 4.09. The van der Waals surface area contributed by atoms with Gasteiger partial charge in [0.05, 0.1) is 13.7 Å². The third kappa shape index (κ3) is 3.56. The lowest BCUT2D eigenvalue weighted by atomic mass is 9.97. The number of fused-ring (bicyclic) bond motifs is 3. The molecule has 1 saturated heterocycles. The number of H-pyrrole nitrogens is 1. The number of nitrogens with one attached hydrogen (secondary N) is 1. The van der Waals surface area contributed by atoms with Crippen LogP contribution in [0.25, 0.3) is 27.7 Å². The van der Waals surface area contributed by atoms with Crippen molar-refractivity contribution in [2.45, 2.75) is 31.3 Å². The van der Waals surface area contributed by atoms with Crippen LogP contribution in [0.15, 0.2) is 42.6 Å². The van der Waals surface area contributed by atoms with Crippen molar-refractivity contribution >= 4 is 22.5 Å². The van der Waals surface area contributed by atoms with Crippen molar-refractivity contribution in [3.63, 3.8) is 0 Å². The molecule has 166 valence electrons. The number of hydrogen-bond donors (Lipinski definition) is 1. The van der Waals surface area contributed by atoms with Crippen LogP contribution in [-0.4, -0.2) is 65.5 Å². The number of hydrogen-bond acceptors (Lipinski definition) is 4. The van der Waals surface area contributed by atoms with Crippen LogP contribution in [0.3, 0.4) is 0 Å². The molecule has 0 spiro atoms. The van der Waals surface area contributed by atoms with Crippen LogP contribution in [-0.2, 0) is 4.79 Å². The standard InChI is InChI=1S/C25H27FN4O2/c1-29(2)24(31)14-30-17-5-6-18(30)11-15(10-17)22-13-21-19(8-9-27-25(21)28-22)20-12-16(26)4-7-23(20)32-3/h4,7-10,12-13,17-18H,5-6,11,14H2,1-3H3,(H,27,28). The molecule has 1 fully saturated rings. The number of amides is 1. The number of nitrogens with zero attached hydrogens (tertiary/aromatic N) is 3. The molecule has 3 aromatic rings. The van der Waals surface area contributed by atoms with Gasteiger partial charge in [-0.05, 0) is 60.7 Å². The van der Waals surface area contributed by atoms with Gasteiger partial charge >= 0.3 is 0 Å². The van der Waals surface area contributed by atoms with Gasteiger partial charge in [0.25, 0.3) is 0 Å². The van der Waals surface area contributed by atoms with E-state index in [1.807, 2.05) is 6.07 Å². The number of pyridine rings is 1. The monoisotopic (exact) mass is 434 g/mol. The summed E-state index contributed by atoms with van der Waals surface area (Å²) < 4.78 is 19.5. The van der Waals surface area contributed by atoms with Crippen molar-refractivity contribution in [2.75, 3.05) is 27.7 Å². The van der Waals surface area contributed by atoms with Crippen LogP contribution in [0, 0.1) is 5.82 Å². The van der Waals surface area contributed by atoms with Gasteiger partial charge in [0.2, 0.25) is 5.91 Å². The van der Waals surface area contributed by atoms with Gasteiger partial charge in [-0.15, -0.1) is 0 Å². The summed E-state index contributed by atoms with van der Waals surface area (Å²) in [6.07, 6.45) is 7.08. The van der Waals surface area contributed by atoms with Gasteiger partial charge in [0.15, 0.2) is 0 Å². The van der Waals surface area contributed by atoms with E-state index in [2.05, 4.69) is 27.0 Å². The van der Waals surface area contributed by atoms with E-state index in [9.17, 15) is 9.18 Å². The normalized spacial score (nSPS) is 20.4. The fourth-order valence-corrected chi connectivity index (χ4v) is 4.99. The number of rotatable bonds is 5. The Bertz CT molecular complexity index is 1220. The third-order valence-corrected chi connectivity index (χ3v) is 6.69. The number of methoxy groups -OCH3 is 1. The number of halogens is 1. The van der Waals surface area contributed by atoms with E-state index in [0.29, 0.717) is 23.9 Å². The summed E-state index contributed by atoms with van der Waals surface area (Å²) in [6.45, 7) is 0.462.